The molecule has 0 aliphatic carbocycles. The molecule has 0 spiro atoms. The second kappa shape index (κ2) is 6.61. The summed E-state index contributed by atoms with van der Waals surface area (Å²) in [5.41, 5.74) is 0. The van der Waals surface area contributed by atoms with Crippen molar-refractivity contribution in [1.29, 1.82) is 0 Å². The van der Waals surface area contributed by atoms with Gasteiger partial charge in [-0.25, -0.2) is 0 Å². The number of amides is 1. The molecule has 1 atom stereocenters. The van der Waals surface area contributed by atoms with Gasteiger partial charge in [-0.15, -0.1) is 5.92 Å². The van der Waals surface area contributed by atoms with Crippen LogP contribution in [0.1, 0.15) is 19.3 Å². The van der Waals surface area contributed by atoms with E-state index in [2.05, 4.69) is 17.2 Å². The van der Waals surface area contributed by atoms with Crippen LogP contribution in [0.2, 0.25) is 0 Å². The Morgan fingerprint density at radius 3 is 2.78 bits per heavy atom. The van der Waals surface area contributed by atoms with Crippen molar-refractivity contribution in [2.24, 2.45) is 0 Å². The highest BCUT2D eigenvalue weighted by Crippen LogP contribution is 2.19. The van der Waals surface area contributed by atoms with Gasteiger partial charge in [-0.05, 0) is 12.8 Å². The smallest absolute Gasteiger partial charge is 0.376 e. The van der Waals surface area contributed by atoms with E-state index in [0.29, 0.717) is 25.8 Å². The Kier molecular flexibility index (Phi) is 5.44. The lowest BCUT2D eigenvalue weighted by Gasteiger charge is -2.21. The summed E-state index contributed by atoms with van der Waals surface area (Å²) in [6, 6.07) is -2.00. The Hall–Kier alpha value is -1.26. The third-order valence-electron chi connectivity index (χ3n) is 2.53. The molecule has 0 fully saturated rings. The average molecular weight is 264 g/mol. The summed E-state index contributed by atoms with van der Waals surface area (Å²) >= 11 is 0. The molecular formula is C11H15F3N2O2. The van der Waals surface area contributed by atoms with Gasteiger partial charge in [-0.2, -0.15) is 13.2 Å². The van der Waals surface area contributed by atoms with Crippen LogP contribution in [0.5, 0.6) is 0 Å². The molecule has 1 aliphatic heterocycles. The van der Waals surface area contributed by atoms with E-state index in [1.807, 2.05) is 0 Å². The number of hydrogen-bond acceptors (Lipinski definition) is 3. The molecule has 1 aliphatic rings. The van der Waals surface area contributed by atoms with Gasteiger partial charge in [0, 0.05) is 13.0 Å². The molecule has 0 saturated carbocycles. The lowest BCUT2D eigenvalue weighted by Crippen LogP contribution is -2.47. The summed E-state index contributed by atoms with van der Waals surface area (Å²) in [5.74, 6) is 3.99. The van der Waals surface area contributed by atoms with Crippen molar-refractivity contribution in [3.05, 3.63) is 0 Å². The standard InChI is InChI=1S/C11H15F3N2O2/c12-11(13,14)9-5-3-1-2-4-6-16(8-17)10(18)7-15-9/h9,15,17H,1-2,4,6-8H2. The third-order valence-corrected chi connectivity index (χ3v) is 2.53. The minimum Gasteiger partial charge on any atom is -0.376 e. The van der Waals surface area contributed by atoms with Crippen LogP contribution in [0.4, 0.5) is 13.2 Å². The van der Waals surface area contributed by atoms with Crippen LogP contribution in [0.25, 0.3) is 0 Å². The van der Waals surface area contributed by atoms with Crippen LogP contribution in [-0.2, 0) is 4.79 Å². The van der Waals surface area contributed by atoms with Crippen LogP contribution in [0.15, 0.2) is 0 Å². The summed E-state index contributed by atoms with van der Waals surface area (Å²) in [5, 5.41) is 11.0. The molecule has 102 valence electrons. The lowest BCUT2D eigenvalue weighted by atomic mass is 10.2. The highest BCUT2D eigenvalue weighted by molar-refractivity contribution is 5.78. The summed E-state index contributed by atoms with van der Waals surface area (Å²) in [4.78, 5) is 12.7. The van der Waals surface area contributed by atoms with Gasteiger partial charge in [-0.3, -0.25) is 10.1 Å². The van der Waals surface area contributed by atoms with Crippen molar-refractivity contribution in [3.63, 3.8) is 0 Å². The van der Waals surface area contributed by atoms with Crippen molar-refractivity contribution in [1.82, 2.24) is 10.2 Å². The molecule has 2 N–H and O–H groups in total. The average Bonchev–Trinajstić information content (AvgIpc) is 2.32. The van der Waals surface area contributed by atoms with Crippen LogP contribution >= 0.6 is 0 Å². The van der Waals surface area contributed by atoms with E-state index in [9.17, 15) is 18.0 Å². The lowest BCUT2D eigenvalue weighted by molar-refractivity contribution is -0.145. The molecule has 0 saturated heterocycles. The molecule has 7 heteroatoms. The zero-order chi connectivity index (χ0) is 13.6. The predicted molar refractivity (Wildman–Crippen MR) is 58.3 cm³/mol. The number of carbonyl (C=O) groups excluding carboxylic acids is 1. The number of nitrogens with one attached hydrogen (secondary N) is 1. The van der Waals surface area contributed by atoms with Gasteiger partial charge in [0.1, 0.15) is 6.73 Å². The third kappa shape index (κ3) is 4.55. The maximum atomic E-state index is 12.6. The molecule has 0 aromatic carbocycles. The molecule has 1 heterocycles. The monoisotopic (exact) mass is 264 g/mol. The van der Waals surface area contributed by atoms with Crippen molar-refractivity contribution in [3.8, 4) is 11.8 Å². The van der Waals surface area contributed by atoms with E-state index >= 15 is 0 Å². The molecule has 1 rings (SSSR count). The first-order valence-electron chi connectivity index (χ1n) is 5.62. The zero-order valence-corrected chi connectivity index (χ0v) is 9.76. The Morgan fingerprint density at radius 1 is 1.44 bits per heavy atom. The van der Waals surface area contributed by atoms with Gasteiger partial charge in [-0.1, -0.05) is 5.92 Å². The number of aliphatic hydroxyl groups excluding tert-OH is 1. The molecule has 0 radical (unpaired) electrons. The van der Waals surface area contributed by atoms with Gasteiger partial charge in [0.15, 0.2) is 6.04 Å². The van der Waals surface area contributed by atoms with Crippen LogP contribution in [0, 0.1) is 11.8 Å². The maximum absolute atomic E-state index is 12.6. The highest BCUT2D eigenvalue weighted by atomic mass is 19.4. The normalized spacial score (nSPS) is 23.0. The zero-order valence-electron chi connectivity index (χ0n) is 9.76. The Labute approximate surface area is 103 Å². The van der Waals surface area contributed by atoms with Crippen LogP contribution < -0.4 is 5.32 Å². The Bertz CT molecular complexity index is 346. The van der Waals surface area contributed by atoms with E-state index < -0.39 is 31.4 Å². The van der Waals surface area contributed by atoms with E-state index in [1.165, 1.54) is 0 Å². The molecule has 0 aromatic rings. The molecule has 0 bridgehead atoms. The predicted octanol–water partition coefficient (Wildman–Crippen LogP) is 0.473. The molecule has 0 aromatic heterocycles. The Morgan fingerprint density at radius 2 is 2.17 bits per heavy atom. The molecule has 1 unspecified atom stereocenters. The van der Waals surface area contributed by atoms with Gasteiger partial charge in [0.05, 0.1) is 6.54 Å². The van der Waals surface area contributed by atoms with Crippen molar-refractivity contribution in [2.75, 3.05) is 19.8 Å². The summed E-state index contributed by atoms with van der Waals surface area (Å²) in [6.45, 7) is -0.646. The van der Waals surface area contributed by atoms with E-state index in [1.54, 1.807) is 0 Å². The summed E-state index contributed by atoms with van der Waals surface area (Å²) in [7, 11) is 0. The first-order chi connectivity index (χ1) is 8.45. The van der Waals surface area contributed by atoms with Crippen LogP contribution in [-0.4, -0.2) is 48.0 Å². The number of halogens is 3. The second-order valence-electron chi connectivity index (χ2n) is 3.93. The molecule has 4 nitrogen and oxygen atoms in total. The topological polar surface area (TPSA) is 52.6 Å². The molecule has 1 amide bonds. The van der Waals surface area contributed by atoms with Crippen LogP contribution in [0.3, 0.4) is 0 Å². The molecule has 18 heavy (non-hydrogen) atoms. The van der Waals surface area contributed by atoms with Crippen molar-refractivity contribution in [2.45, 2.75) is 31.5 Å². The largest absolute Gasteiger partial charge is 0.415 e. The number of aliphatic hydroxyl groups is 1. The van der Waals surface area contributed by atoms with E-state index in [0.717, 1.165) is 4.90 Å². The van der Waals surface area contributed by atoms with Gasteiger partial charge < -0.3 is 10.0 Å². The minimum atomic E-state index is -4.51. The fourth-order valence-electron chi connectivity index (χ4n) is 1.51. The quantitative estimate of drug-likeness (QED) is 0.677. The maximum Gasteiger partial charge on any atom is 0.415 e. The SMILES string of the molecule is O=C1CNC(C(F)(F)F)C#CCCCCN1CO. The number of nitrogens with zero attached hydrogens (tertiary/aromatic N) is 1. The van der Waals surface area contributed by atoms with Gasteiger partial charge in [0.2, 0.25) is 5.91 Å². The van der Waals surface area contributed by atoms with Gasteiger partial charge >= 0.3 is 6.18 Å². The van der Waals surface area contributed by atoms with Gasteiger partial charge in [0.25, 0.3) is 0 Å². The van der Waals surface area contributed by atoms with Crippen molar-refractivity contribution < 1.29 is 23.1 Å². The van der Waals surface area contributed by atoms with E-state index in [4.69, 9.17) is 5.11 Å². The number of carbonyl (C=O) groups is 1. The fraction of sp³-hybridized carbons (Fsp3) is 0.727. The van der Waals surface area contributed by atoms with E-state index in [-0.39, 0.29) is 0 Å². The fourth-order valence-corrected chi connectivity index (χ4v) is 1.51. The minimum absolute atomic E-state index is 0.329. The number of alkyl halides is 3. The number of hydrogen-bond donors (Lipinski definition) is 2. The molecular weight excluding hydrogens is 249 g/mol. The summed E-state index contributed by atoms with van der Waals surface area (Å²) in [6.07, 6.45) is -2.95. The second-order valence-corrected chi connectivity index (χ2v) is 3.93. The first-order valence-corrected chi connectivity index (χ1v) is 5.62. The highest BCUT2D eigenvalue weighted by Gasteiger charge is 2.38. The Balaban J connectivity index is 2.74. The summed E-state index contributed by atoms with van der Waals surface area (Å²) < 4.78 is 37.7. The van der Waals surface area contributed by atoms with Crippen molar-refractivity contribution >= 4 is 5.91 Å². The first kappa shape index (κ1) is 14.8. The number of rotatable bonds is 1.